The van der Waals surface area contributed by atoms with E-state index >= 15 is 13.2 Å². The van der Waals surface area contributed by atoms with Crippen molar-refractivity contribution in [3.05, 3.63) is 69.9 Å². The lowest BCUT2D eigenvalue weighted by Gasteiger charge is -2.26. The van der Waals surface area contributed by atoms with E-state index in [2.05, 4.69) is 20.6 Å². The van der Waals surface area contributed by atoms with Gasteiger partial charge in [0.2, 0.25) is 16.0 Å². The van der Waals surface area contributed by atoms with Crippen LogP contribution in [0.1, 0.15) is 18.9 Å². The molecule has 18 heteroatoms. The number of rotatable bonds is 7. The fraction of sp³-hybridized carbons (Fsp3) is 0.321. The van der Waals surface area contributed by atoms with Crippen molar-refractivity contribution in [3.8, 4) is 22.3 Å². The molecule has 1 aliphatic rings. The second kappa shape index (κ2) is 13.0. The SMILES string of the molecule is CCn1c(=O)c(-c2cc(F)c(-c3cc(C(F)(F)F)ccc3NS(C)(=O)=O)c(F)c2F)cc2cnc(N[C@@H]3CNC[C@@H](F)C3)nc21.Cl. The molecule has 46 heavy (non-hydrogen) atoms. The maximum atomic E-state index is 15.7. The van der Waals surface area contributed by atoms with Crippen molar-refractivity contribution in [3.63, 3.8) is 0 Å². The summed E-state index contributed by atoms with van der Waals surface area (Å²) in [5.74, 6) is -5.19. The van der Waals surface area contributed by atoms with Crippen molar-refractivity contribution in [2.45, 2.75) is 38.3 Å². The normalized spacial score (nSPS) is 17.1. The largest absolute Gasteiger partial charge is 0.416 e. The Labute approximate surface area is 263 Å². The first kappa shape index (κ1) is 34.9. The Kier molecular flexibility index (Phi) is 9.89. The third kappa shape index (κ3) is 7.05. The van der Waals surface area contributed by atoms with Crippen LogP contribution in [0.25, 0.3) is 33.3 Å². The van der Waals surface area contributed by atoms with Crippen LogP contribution in [0.3, 0.4) is 0 Å². The highest BCUT2D eigenvalue weighted by molar-refractivity contribution is 7.92. The van der Waals surface area contributed by atoms with Crippen molar-refractivity contribution in [1.82, 2.24) is 19.9 Å². The number of alkyl halides is 4. The molecular formula is C28H26ClF7N6O3S. The van der Waals surface area contributed by atoms with Crippen molar-refractivity contribution in [1.29, 1.82) is 0 Å². The van der Waals surface area contributed by atoms with Gasteiger partial charge in [-0.2, -0.15) is 18.2 Å². The number of hydrogen-bond acceptors (Lipinski definition) is 7. The molecule has 0 aliphatic carbocycles. The number of aromatic nitrogens is 3. The summed E-state index contributed by atoms with van der Waals surface area (Å²) in [5, 5.41) is 6.09. The minimum absolute atomic E-state index is 0. The summed E-state index contributed by atoms with van der Waals surface area (Å²) >= 11 is 0. The second-order valence-electron chi connectivity index (χ2n) is 10.5. The number of anilines is 2. The fourth-order valence-corrected chi connectivity index (χ4v) is 5.73. The third-order valence-corrected chi connectivity index (χ3v) is 7.72. The van der Waals surface area contributed by atoms with Gasteiger partial charge in [-0.3, -0.25) is 14.1 Å². The van der Waals surface area contributed by atoms with Crippen LogP contribution < -0.4 is 20.9 Å². The highest BCUT2D eigenvalue weighted by Crippen LogP contribution is 2.40. The average Bonchev–Trinajstić information content (AvgIpc) is 2.94. The Bertz CT molecular complexity index is 1970. The molecule has 1 aliphatic heterocycles. The lowest BCUT2D eigenvalue weighted by Crippen LogP contribution is -2.44. The predicted molar refractivity (Wildman–Crippen MR) is 161 cm³/mol. The summed E-state index contributed by atoms with van der Waals surface area (Å²) in [6.45, 7) is 2.22. The van der Waals surface area contributed by atoms with Gasteiger partial charge in [0.1, 0.15) is 17.6 Å². The number of fused-ring (bicyclic) bond motifs is 1. The fourth-order valence-electron chi connectivity index (χ4n) is 5.15. The topological polar surface area (TPSA) is 118 Å². The number of sulfonamides is 1. The molecule has 1 fully saturated rings. The van der Waals surface area contributed by atoms with Gasteiger partial charge in [0, 0.05) is 54.8 Å². The molecule has 0 bridgehead atoms. The zero-order valence-electron chi connectivity index (χ0n) is 24.0. The zero-order valence-corrected chi connectivity index (χ0v) is 25.6. The molecule has 0 radical (unpaired) electrons. The van der Waals surface area contributed by atoms with E-state index in [1.165, 1.54) is 6.20 Å². The first-order chi connectivity index (χ1) is 21.1. The van der Waals surface area contributed by atoms with Crippen LogP contribution in [0.15, 0.2) is 41.3 Å². The Hall–Kier alpha value is -3.96. The van der Waals surface area contributed by atoms with Crippen LogP contribution in [0.2, 0.25) is 0 Å². The van der Waals surface area contributed by atoms with Crippen LogP contribution in [0.4, 0.5) is 42.4 Å². The number of hydrogen-bond donors (Lipinski definition) is 3. The van der Waals surface area contributed by atoms with Crippen LogP contribution in [-0.4, -0.2) is 54.5 Å². The van der Waals surface area contributed by atoms with Crippen LogP contribution in [-0.2, 0) is 22.7 Å². The number of benzene rings is 2. The molecule has 1 saturated heterocycles. The maximum absolute atomic E-state index is 15.7. The van der Waals surface area contributed by atoms with Crippen LogP contribution >= 0.6 is 12.4 Å². The van der Waals surface area contributed by atoms with Gasteiger partial charge < -0.3 is 10.6 Å². The number of halogens is 8. The number of nitrogens with zero attached hydrogens (tertiary/aromatic N) is 3. The first-order valence-electron chi connectivity index (χ1n) is 13.5. The van der Waals surface area contributed by atoms with Crippen molar-refractivity contribution < 1.29 is 39.2 Å². The van der Waals surface area contributed by atoms with Crippen molar-refractivity contribution >= 4 is 45.1 Å². The Balaban J connectivity index is 0.00000480. The molecule has 9 nitrogen and oxygen atoms in total. The molecule has 2 aromatic heterocycles. The molecule has 0 amide bonds. The van der Waals surface area contributed by atoms with E-state index in [1.807, 2.05) is 4.72 Å². The number of nitrogens with one attached hydrogen (secondary N) is 3. The highest BCUT2D eigenvalue weighted by atomic mass is 35.5. The Morgan fingerprint density at radius 2 is 1.76 bits per heavy atom. The number of aryl methyl sites for hydroxylation is 1. The Morgan fingerprint density at radius 1 is 1.04 bits per heavy atom. The predicted octanol–water partition coefficient (Wildman–Crippen LogP) is 5.49. The van der Waals surface area contributed by atoms with Gasteiger partial charge in [-0.15, -0.1) is 12.4 Å². The van der Waals surface area contributed by atoms with Gasteiger partial charge in [-0.05, 0) is 37.3 Å². The number of piperidine rings is 1. The maximum Gasteiger partial charge on any atom is 0.416 e. The zero-order chi connectivity index (χ0) is 32.8. The van der Waals surface area contributed by atoms with Gasteiger partial charge in [0.25, 0.3) is 5.56 Å². The molecule has 5 rings (SSSR count). The minimum Gasteiger partial charge on any atom is -0.350 e. The van der Waals surface area contributed by atoms with E-state index in [-0.39, 0.29) is 61.0 Å². The van der Waals surface area contributed by atoms with Gasteiger partial charge in [-0.1, -0.05) is 0 Å². The van der Waals surface area contributed by atoms with Crippen LogP contribution in [0, 0.1) is 17.5 Å². The second-order valence-corrected chi connectivity index (χ2v) is 12.2. The quantitative estimate of drug-likeness (QED) is 0.173. The van der Waals surface area contributed by atoms with E-state index in [9.17, 15) is 30.8 Å². The summed E-state index contributed by atoms with van der Waals surface area (Å²) in [7, 11) is -4.14. The van der Waals surface area contributed by atoms with Gasteiger partial charge >= 0.3 is 6.18 Å². The van der Waals surface area contributed by atoms with E-state index in [4.69, 9.17) is 0 Å². The smallest absolute Gasteiger partial charge is 0.350 e. The standard InChI is InChI=1S/C28H25F7N6O3S.ClH/c1-3-41-25-13(10-37-27(39-25)38-16-8-15(29)11-36-12-16)6-18(26(41)42)17-9-20(30)22(24(32)23(17)31)19-7-14(28(33,34)35)4-5-21(19)40-45(2,43)44;/h4-7,9-10,15-16,36,40H,3,8,11-12H2,1-2H3,(H,37,38,39);1H/t15-,16-;/m0./s1. The molecule has 3 heterocycles. The molecule has 0 spiro atoms. The lowest BCUT2D eigenvalue weighted by molar-refractivity contribution is -0.137. The molecule has 248 valence electrons. The van der Waals surface area contributed by atoms with E-state index in [0.29, 0.717) is 31.0 Å². The molecule has 2 atom stereocenters. The molecule has 3 N–H and O–H groups in total. The summed E-state index contributed by atoms with van der Waals surface area (Å²) in [6.07, 6.45) is -3.91. The summed E-state index contributed by atoms with van der Waals surface area (Å²) in [6, 6.07) is 2.65. The Morgan fingerprint density at radius 3 is 2.39 bits per heavy atom. The summed E-state index contributed by atoms with van der Waals surface area (Å²) in [4.78, 5) is 22.0. The van der Waals surface area contributed by atoms with Crippen molar-refractivity contribution in [2.75, 3.05) is 29.4 Å². The van der Waals surface area contributed by atoms with E-state index in [1.54, 1.807) is 6.92 Å². The average molecular weight is 695 g/mol. The highest BCUT2D eigenvalue weighted by Gasteiger charge is 2.33. The van der Waals surface area contributed by atoms with Crippen LogP contribution in [0.5, 0.6) is 0 Å². The minimum atomic E-state index is -4.99. The van der Waals surface area contributed by atoms with Gasteiger partial charge in [0.05, 0.1) is 28.6 Å². The van der Waals surface area contributed by atoms with E-state index in [0.717, 1.165) is 10.6 Å². The molecular weight excluding hydrogens is 669 g/mol. The van der Waals surface area contributed by atoms with Crippen molar-refractivity contribution in [2.24, 2.45) is 0 Å². The number of pyridine rings is 1. The summed E-state index contributed by atoms with van der Waals surface area (Å²) in [5.41, 5.74) is -6.33. The third-order valence-electron chi connectivity index (χ3n) is 7.13. The van der Waals surface area contributed by atoms with Gasteiger partial charge in [-0.25, -0.2) is 31.0 Å². The lowest BCUT2D eigenvalue weighted by atomic mass is 9.96. The van der Waals surface area contributed by atoms with E-state index < -0.39 is 78.9 Å². The molecule has 4 aromatic rings. The molecule has 0 unspecified atom stereocenters. The summed E-state index contributed by atoms with van der Waals surface area (Å²) < 4.78 is 128. The monoisotopic (exact) mass is 694 g/mol. The first-order valence-corrected chi connectivity index (χ1v) is 15.4. The van der Waals surface area contributed by atoms with Gasteiger partial charge in [0.15, 0.2) is 11.6 Å². The molecule has 2 aromatic carbocycles. The molecule has 0 saturated carbocycles.